The monoisotopic (exact) mass is 385 g/mol. The predicted molar refractivity (Wildman–Crippen MR) is 111 cm³/mol. The Kier molecular flexibility index (Phi) is 4.10. The van der Waals surface area contributed by atoms with Gasteiger partial charge in [-0.3, -0.25) is 15.1 Å². The molecular weight excluding hydrogens is 370 g/mol. The third-order valence-electron chi connectivity index (χ3n) is 4.53. The summed E-state index contributed by atoms with van der Waals surface area (Å²) >= 11 is 1.46. The lowest BCUT2D eigenvalue weighted by Crippen LogP contribution is -2.10. The number of pyridine rings is 1. The van der Waals surface area contributed by atoms with Crippen LogP contribution in [0.15, 0.2) is 77.7 Å². The average molecular weight is 385 g/mol. The van der Waals surface area contributed by atoms with Crippen LogP contribution in [-0.4, -0.2) is 15.9 Å². The van der Waals surface area contributed by atoms with Crippen LogP contribution >= 0.6 is 11.3 Å². The van der Waals surface area contributed by atoms with E-state index < -0.39 is 0 Å². The molecule has 0 fully saturated rings. The zero-order chi connectivity index (χ0) is 18.9. The van der Waals surface area contributed by atoms with Crippen molar-refractivity contribution in [1.82, 2.24) is 9.97 Å². The first kappa shape index (κ1) is 16.6. The maximum absolute atomic E-state index is 12.6. The SMILES string of the molecule is O=C(Nc1ncc(Cc2cnc3ccccc3c2)s1)c1coc2ccccc12. The lowest BCUT2D eigenvalue weighted by atomic mass is 10.1. The van der Waals surface area contributed by atoms with E-state index in [1.807, 2.05) is 48.7 Å². The number of fused-ring (bicyclic) bond motifs is 2. The van der Waals surface area contributed by atoms with Crippen molar-refractivity contribution in [3.8, 4) is 0 Å². The second-order valence-electron chi connectivity index (χ2n) is 6.44. The van der Waals surface area contributed by atoms with Crippen LogP contribution in [0.3, 0.4) is 0 Å². The van der Waals surface area contributed by atoms with Crippen LogP contribution < -0.4 is 5.32 Å². The van der Waals surface area contributed by atoms with E-state index in [0.717, 1.165) is 33.2 Å². The molecule has 3 heterocycles. The van der Waals surface area contributed by atoms with Crippen molar-refractivity contribution in [2.24, 2.45) is 0 Å². The minimum Gasteiger partial charge on any atom is -0.463 e. The number of furan rings is 1. The number of hydrogen-bond donors (Lipinski definition) is 1. The smallest absolute Gasteiger partial charge is 0.261 e. The van der Waals surface area contributed by atoms with E-state index in [1.165, 1.54) is 17.6 Å². The molecular formula is C22H15N3O2S. The van der Waals surface area contributed by atoms with Crippen molar-refractivity contribution in [2.75, 3.05) is 5.32 Å². The molecule has 0 bridgehead atoms. The molecule has 28 heavy (non-hydrogen) atoms. The van der Waals surface area contributed by atoms with Gasteiger partial charge in [0.2, 0.25) is 0 Å². The summed E-state index contributed by atoms with van der Waals surface area (Å²) in [5.41, 5.74) is 3.29. The number of aromatic nitrogens is 2. The van der Waals surface area contributed by atoms with Crippen molar-refractivity contribution in [3.63, 3.8) is 0 Å². The molecule has 0 saturated carbocycles. The first-order valence-electron chi connectivity index (χ1n) is 8.82. The number of amides is 1. The molecule has 0 unspecified atom stereocenters. The Morgan fingerprint density at radius 3 is 2.86 bits per heavy atom. The third kappa shape index (κ3) is 3.14. The van der Waals surface area contributed by atoms with Gasteiger partial charge in [-0.15, -0.1) is 11.3 Å². The van der Waals surface area contributed by atoms with Crippen molar-refractivity contribution in [3.05, 3.63) is 89.3 Å². The Labute approximate surface area is 164 Å². The van der Waals surface area contributed by atoms with Crippen LogP contribution in [0.2, 0.25) is 0 Å². The highest BCUT2D eigenvalue weighted by atomic mass is 32.1. The maximum Gasteiger partial charge on any atom is 0.261 e. The number of hydrogen-bond acceptors (Lipinski definition) is 5. The standard InChI is InChI=1S/C22H15N3O2S/c26-21(18-13-27-20-8-4-2-6-17(18)20)25-22-24-12-16(28-22)10-14-9-15-5-1-3-7-19(15)23-11-14/h1-9,11-13H,10H2,(H,24,25,26). The van der Waals surface area contributed by atoms with Gasteiger partial charge in [0.05, 0.1) is 11.1 Å². The second kappa shape index (κ2) is 6.90. The summed E-state index contributed by atoms with van der Waals surface area (Å²) in [7, 11) is 0. The van der Waals surface area contributed by atoms with Gasteiger partial charge < -0.3 is 4.42 Å². The number of carbonyl (C=O) groups is 1. The van der Waals surface area contributed by atoms with Gasteiger partial charge in [-0.2, -0.15) is 0 Å². The first-order chi connectivity index (χ1) is 13.8. The van der Waals surface area contributed by atoms with Gasteiger partial charge in [0, 0.05) is 34.5 Å². The number of thiazole rings is 1. The van der Waals surface area contributed by atoms with Crippen molar-refractivity contribution < 1.29 is 9.21 Å². The number of anilines is 1. The van der Waals surface area contributed by atoms with Gasteiger partial charge in [-0.25, -0.2) is 4.98 Å². The zero-order valence-electron chi connectivity index (χ0n) is 14.8. The molecule has 136 valence electrons. The summed E-state index contributed by atoms with van der Waals surface area (Å²) < 4.78 is 5.44. The van der Waals surface area contributed by atoms with Gasteiger partial charge in [0.1, 0.15) is 11.8 Å². The number of rotatable bonds is 4. The molecule has 0 radical (unpaired) electrons. The van der Waals surface area contributed by atoms with Crippen LogP contribution in [0, 0.1) is 0 Å². The summed E-state index contributed by atoms with van der Waals surface area (Å²) in [6.07, 6.45) is 5.89. The fraction of sp³-hybridized carbons (Fsp3) is 0.0455. The molecule has 0 aliphatic carbocycles. The summed E-state index contributed by atoms with van der Waals surface area (Å²) in [5, 5.41) is 5.34. The Balaban J connectivity index is 1.33. The van der Waals surface area contributed by atoms with E-state index >= 15 is 0 Å². The molecule has 2 aromatic carbocycles. The largest absolute Gasteiger partial charge is 0.463 e. The molecule has 0 spiro atoms. The Bertz CT molecular complexity index is 1310. The topological polar surface area (TPSA) is 68.0 Å². The number of para-hydroxylation sites is 2. The summed E-state index contributed by atoms with van der Waals surface area (Å²) in [6.45, 7) is 0. The van der Waals surface area contributed by atoms with Crippen LogP contribution in [0.1, 0.15) is 20.8 Å². The second-order valence-corrected chi connectivity index (χ2v) is 7.56. The number of carbonyl (C=O) groups excluding carboxylic acids is 1. The van der Waals surface area contributed by atoms with Crippen molar-refractivity contribution in [2.45, 2.75) is 6.42 Å². The summed E-state index contributed by atoms with van der Waals surface area (Å²) in [5.74, 6) is -0.224. The van der Waals surface area contributed by atoms with Gasteiger partial charge in [0.25, 0.3) is 5.91 Å². The van der Waals surface area contributed by atoms with Crippen molar-refractivity contribution >= 4 is 44.2 Å². The van der Waals surface area contributed by atoms with E-state index in [2.05, 4.69) is 27.4 Å². The fourth-order valence-corrected chi connectivity index (χ4v) is 4.02. The quantitative estimate of drug-likeness (QED) is 0.457. The Morgan fingerprint density at radius 2 is 1.89 bits per heavy atom. The highest BCUT2D eigenvalue weighted by Gasteiger charge is 2.15. The van der Waals surface area contributed by atoms with Crippen molar-refractivity contribution in [1.29, 1.82) is 0 Å². The summed E-state index contributed by atoms with van der Waals surface area (Å²) in [6, 6.07) is 17.6. The molecule has 6 heteroatoms. The molecule has 5 aromatic rings. The molecule has 3 aromatic heterocycles. The number of nitrogens with zero attached hydrogens (tertiary/aromatic N) is 2. The fourth-order valence-electron chi connectivity index (χ4n) is 3.18. The van der Waals surface area contributed by atoms with E-state index in [1.54, 1.807) is 6.20 Å². The molecule has 0 atom stereocenters. The maximum atomic E-state index is 12.6. The van der Waals surface area contributed by atoms with Gasteiger partial charge in [-0.05, 0) is 23.8 Å². The zero-order valence-corrected chi connectivity index (χ0v) is 15.6. The van der Waals surface area contributed by atoms with E-state index in [-0.39, 0.29) is 5.91 Å². The average Bonchev–Trinajstić information content (AvgIpc) is 3.34. The van der Waals surface area contributed by atoms with Gasteiger partial charge in [0.15, 0.2) is 5.13 Å². The molecule has 0 aliphatic heterocycles. The lowest BCUT2D eigenvalue weighted by molar-refractivity contribution is 0.102. The van der Waals surface area contributed by atoms with Crippen LogP contribution in [0.5, 0.6) is 0 Å². The molecule has 1 N–H and O–H groups in total. The highest BCUT2D eigenvalue weighted by Crippen LogP contribution is 2.25. The molecule has 5 rings (SSSR count). The van der Waals surface area contributed by atoms with Gasteiger partial charge >= 0.3 is 0 Å². The van der Waals surface area contributed by atoms with E-state index in [0.29, 0.717) is 16.3 Å². The normalized spacial score (nSPS) is 11.1. The molecule has 1 amide bonds. The first-order valence-corrected chi connectivity index (χ1v) is 9.64. The molecule has 0 aliphatic rings. The van der Waals surface area contributed by atoms with E-state index in [9.17, 15) is 4.79 Å². The van der Waals surface area contributed by atoms with Gasteiger partial charge in [-0.1, -0.05) is 36.4 Å². The minimum absolute atomic E-state index is 0.224. The predicted octanol–water partition coefficient (Wildman–Crippen LogP) is 5.28. The minimum atomic E-state index is -0.224. The van der Waals surface area contributed by atoms with Crippen LogP contribution in [0.4, 0.5) is 5.13 Å². The highest BCUT2D eigenvalue weighted by molar-refractivity contribution is 7.15. The van der Waals surface area contributed by atoms with Crippen LogP contribution in [-0.2, 0) is 6.42 Å². The molecule has 0 saturated heterocycles. The lowest BCUT2D eigenvalue weighted by Gasteiger charge is -2.01. The Morgan fingerprint density at radius 1 is 1.04 bits per heavy atom. The Hall–Kier alpha value is -3.51. The van der Waals surface area contributed by atoms with Crippen LogP contribution in [0.25, 0.3) is 21.9 Å². The molecule has 5 nitrogen and oxygen atoms in total. The number of nitrogens with one attached hydrogen (secondary N) is 1. The summed E-state index contributed by atoms with van der Waals surface area (Å²) in [4.78, 5) is 22.5. The third-order valence-corrected chi connectivity index (χ3v) is 5.44. The van der Waals surface area contributed by atoms with E-state index in [4.69, 9.17) is 4.42 Å². The number of benzene rings is 2.